The van der Waals surface area contributed by atoms with E-state index in [0.29, 0.717) is 13.0 Å². The molecule has 0 fully saturated rings. The molecule has 1 aromatic rings. The number of primary sulfonamides is 1. The second-order valence-electron chi connectivity index (χ2n) is 5.32. The minimum Gasteiger partial charge on any atom is -0.393 e. The third-order valence-electron chi connectivity index (χ3n) is 2.99. The number of halogens is 3. The number of aliphatic hydroxyl groups is 1. The lowest BCUT2D eigenvalue weighted by Gasteiger charge is -2.17. The molecule has 0 aliphatic rings. The molecule has 22 heavy (non-hydrogen) atoms. The van der Waals surface area contributed by atoms with E-state index in [2.05, 4.69) is 5.32 Å². The summed E-state index contributed by atoms with van der Waals surface area (Å²) < 4.78 is 61.3. The molecule has 0 aromatic heterocycles. The summed E-state index contributed by atoms with van der Waals surface area (Å²) in [7, 11) is -4.46. The molecule has 9 heteroatoms. The monoisotopic (exact) mass is 340 g/mol. The molecule has 0 heterocycles. The second kappa shape index (κ2) is 6.84. The number of nitrogens with one attached hydrogen (secondary N) is 1. The van der Waals surface area contributed by atoms with Crippen LogP contribution in [-0.4, -0.2) is 26.2 Å². The Morgan fingerprint density at radius 3 is 2.36 bits per heavy atom. The van der Waals surface area contributed by atoms with Crippen molar-refractivity contribution < 1.29 is 26.7 Å². The number of sulfonamides is 1. The average Bonchev–Trinajstić information content (AvgIpc) is 2.33. The molecule has 0 saturated carbocycles. The predicted octanol–water partition coefficient (Wildman–Crippen LogP) is 2.17. The molecule has 0 spiro atoms. The van der Waals surface area contributed by atoms with Crippen LogP contribution in [0.5, 0.6) is 0 Å². The van der Waals surface area contributed by atoms with Crippen LogP contribution in [0.25, 0.3) is 0 Å². The summed E-state index contributed by atoms with van der Waals surface area (Å²) in [6.07, 6.45) is -4.84. The Labute approximate surface area is 127 Å². The summed E-state index contributed by atoms with van der Waals surface area (Å²) >= 11 is 0. The van der Waals surface area contributed by atoms with Crippen LogP contribution in [0.4, 0.5) is 18.9 Å². The fourth-order valence-electron chi connectivity index (χ4n) is 2.07. The zero-order valence-corrected chi connectivity index (χ0v) is 13.0. The summed E-state index contributed by atoms with van der Waals surface area (Å²) in [6.45, 7) is 3.80. The maximum Gasteiger partial charge on any atom is 0.417 e. The molecule has 0 saturated heterocycles. The second-order valence-corrected chi connectivity index (χ2v) is 6.85. The van der Waals surface area contributed by atoms with E-state index in [1.165, 1.54) is 6.07 Å². The number of alkyl halides is 3. The highest BCUT2D eigenvalue weighted by atomic mass is 32.2. The van der Waals surface area contributed by atoms with Crippen molar-refractivity contribution in [3.05, 3.63) is 23.8 Å². The van der Waals surface area contributed by atoms with Gasteiger partial charge in [0, 0.05) is 12.2 Å². The Morgan fingerprint density at radius 2 is 1.91 bits per heavy atom. The lowest BCUT2D eigenvalue weighted by molar-refractivity contribution is -0.139. The number of benzene rings is 1. The van der Waals surface area contributed by atoms with Gasteiger partial charge < -0.3 is 10.4 Å². The van der Waals surface area contributed by atoms with Crippen LogP contribution in [0.1, 0.15) is 25.8 Å². The van der Waals surface area contributed by atoms with Gasteiger partial charge in [-0.05, 0) is 37.5 Å². The number of hydrogen-bond acceptors (Lipinski definition) is 4. The maximum absolute atomic E-state index is 12.9. The largest absolute Gasteiger partial charge is 0.417 e. The van der Waals surface area contributed by atoms with Crippen molar-refractivity contribution in [1.82, 2.24) is 0 Å². The molecular formula is C13H19F3N2O3S. The van der Waals surface area contributed by atoms with E-state index in [1.54, 1.807) is 6.92 Å². The zero-order valence-electron chi connectivity index (χ0n) is 12.2. The van der Waals surface area contributed by atoms with Crippen molar-refractivity contribution in [3.63, 3.8) is 0 Å². The molecule has 2 atom stereocenters. The molecule has 126 valence electrons. The first-order valence-corrected chi connectivity index (χ1v) is 8.12. The van der Waals surface area contributed by atoms with E-state index in [0.717, 1.165) is 12.1 Å². The predicted molar refractivity (Wildman–Crippen MR) is 76.8 cm³/mol. The van der Waals surface area contributed by atoms with Crippen LogP contribution >= 0.6 is 0 Å². The smallest absolute Gasteiger partial charge is 0.393 e. The van der Waals surface area contributed by atoms with Gasteiger partial charge in [-0.25, -0.2) is 13.6 Å². The van der Waals surface area contributed by atoms with Crippen molar-refractivity contribution in [3.8, 4) is 0 Å². The first kappa shape index (κ1) is 18.7. The highest BCUT2D eigenvalue weighted by Crippen LogP contribution is 2.35. The van der Waals surface area contributed by atoms with Crippen LogP contribution in [-0.2, 0) is 16.2 Å². The third kappa shape index (κ3) is 5.47. The maximum atomic E-state index is 12.9. The van der Waals surface area contributed by atoms with Crippen LogP contribution in [0.2, 0.25) is 0 Å². The summed E-state index contributed by atoms with van der Waals surface area (Å²) in [6, 6.07) is 2.78. The summed E-state index contributed by atoms with van der Waals surface area (Å²) in [4.78, 5) is -0.956. The van der Waals surface area contributed by atoms with Crippen LogP contribution in [0, 0.1) is 5.92 Å². The Hall–Kier alpha value is -1.32. The minimum atomic E-state index is -4.83. The summed E-state index contributed by atoms with van der Waals surface area (Å²) in [5, 5.41) is 16.8. The van der Waals surface area contributed by atoms with Gasteiger partial charge in [0.25, 0.3) is 0 Å². The van der Waals surface area contributed by atoms with Gasteiger partial charge in [0.15, 0.2) is 0 Å². The Kier molecular flexibility index (Phi) is 5.82. The number of anilines is 1. The van der Waals surface area contributed by atoms with Crippen LogP contribution in [0.3, 0.4) is 0 Å². The topological polar surface area (TPSA) is 92.4 Å². The van der Waals surface area contributed by atoms with Gasteiger partial charge in [-0.2, -0.15) is 13.2 Å². The van der Waals surface area contributed by atoms with Crippen molar-refractivity contribution in [1.29, 1.82) is 0 Å². The van der Waals surface area contributed by atoms with Gasteiger partial charge in [0.05, 0.1) is 16.6 Å². The molecular weight excluding hydrogens is 321 g/mol. The first-order valence-electron chi connectivity index (χ1n) is 6.57. The lowest BCUT2D eigenvalue weighted by Crippen LogP contribution is -2.20. The van der Waals surface area contributed by atoms with E-state index in [1.807, 2.05) is 6.92 Å². The Morgan fingerprint density at radius 1 is 1.32 bits per heavy atom. The van der Waals surface area contributed by atoms with Crippen molar-refractivity contribution in [2.75, 3.05) is 11.9 Å². The van der Waals surface area contributed by atoms with E-state index in [4.69, 9.17) is 5.14 Å². The number of nitrogens with two attached hydrogens (primary N) is 1. The quantitative estimate of drug-likeness (QED) is 0.740. The van der Waals surface area contributed by atoms with Crippen molar-refractivity contribution >= 4 is 15.7 Å². The average molecular weight is 340 g/mol. The van der Waals surface area contributed by atoms with E-state index >= 15 is 0 Å². The molecule has 2 unspecified atom stereocenters. The minimum absolute atomic E-state index is 0.0345. The lowest BCUT2D eigenvalue weighted by atomic mass is 10.0. The number of aliphatic hydroxyl groups excluding tert-OH is 1. The van der Waals surface area contributed by atoms with Crippen LogP contribution in [0.15, 0.2) is 23.1 Å². The highest BCUT2D eigenvalue weighted by molar-refractivity contribution is 7.89. The first-order chi connectivity index (χ1) is 9.91. The fraction of sp³-hybridized carbons (Fsp3) is 0.538. The molecule has 0 bridgehead atoms. The molecule has 0 radical (unpaired) electrons. The van der Waals surface area contributed by atoms with E-state index < -0.39 is 32.8 Å². The van der Waals surface area contributed by atoms with E-state index in [-0.39, 0.29) is 11.6 Å². The van der Waals surface area contributed by atoms with Gasteiger partial charge in [0.1, 0.15) is 0 Å². The van der Waals surface area contributed by atoms with Gasteiger partial charge in [-0.15, -0.1) is 0 Å². The normalized spacial score (nSPS) is 15.4. The van der Waals surface area contributed by atoms with Gasteiger partial charge in [-0.3, -0.25) is 0 Å². The summed E-state index contributed by atoms with van der Waals surface area (Å²) in [5.74, 6) is 0.0345. The highest BCUT2D eigenvalue weighted by Gasteiger charge is 2.36. The van der Waals surface area contributed by atoms with Gasteiger partial charge in [-0.1, -0.05) is 6.92 Å². The van der Waals surface area contributed by atoms with Crippen LogP contribution < -0.4 is 10.5 Å². The SMILES string of the molecule is CC(O)CC(C)CNc1ccc(S(N)(=O)=O)c(C(F)(F)F)c1. The Bertz CT molecular complexity index is 615. The van der Waals surface area contributed by atoms with E-state index in [9.17, 15) is 26.7 Å². The number of rotatable bonds is 6. The molecule has 1 aromatic carbocycles. The molecule has 5 nitrogen and oxygen atoms in total. The standard InChI is InChI=1S/C13H19F3N2O3S/c1-8(5-9(2)19)7-18-10-3-4-12(22(17,20)21)11(6-10)13(14,15)16/h3-4,6,8-9,18-19H,5,7H2,1-2H3,(H2,17,20,21). The molecule has 1 rings (SSSR count). The van der Waals surface area contributed by atoms with Gasteiger partial charge in [0.2, 0.25) is 10.0 Å². The molecule has 0 aliphatic carbocycles. The van der Waals surface area contributed by atoms with Crippen molar-refractivity contribution in [2.24, 2.45) is 11.1 Å². The van der Waals surface area contributed by atoms with Gasteiger partial charge >= 0.3 is 6.18 Å². The third-order valence-corrected chi connectivity index (χ3v) is 3.96. The molecule has 0 aliphatic heterocycles. The number of hydrogen-bond donors (Lipinski definition) is 3. The fourth-order valence-corrected chi connectivity index (χ4v) is 2.81. The Balaban J connectivity index is 3.01. The summed E-state index contributed by atoms with van der Waals surface area (Å²) in [5.41, 5.74) is -1.17. The molecule has 4 N–H and O–H groups in total. The van der Waals surface area contributed by atoms with Crippen molar-refractivity contribution in [2.45, 2.75) is 37.4 Å². The zero-order chi connectivity index (χ0) is 17.1. The molecule has 0 amide bonds.